The Bertz CT molecular complexity index is 414. The standard InChI is InChI=1S/C9H6O3S/c10-9(11)6-4-7(12-5-6)8-2-1-3-13-8/h1-5H,(H,10,11). The number of thiophene rings is 1. The Morgan fingerprint density at radius 3 is 2.92 bits per heavy atom. The Balaban J connectivity index is 2.39. The third kappa shape index (κ3) is 1.48. The predicted molar refractivity (Wildman–Crippen MR) is 49.0 cm³/mol. The van der Waals surface area contributed by atoms with Crippen molar-refractivity contribution in [2.45, 2.75) is 0 Å². The fourth-order valence-corrected chi connectivity index (χ4v) is 1.68. The minimum atomic E-state index is -0.966. The second-order valence-electron chi connectivity index (χ2n) is 2.48. The minimum absolute atomic E-state index is 0.184. The van der Waals surface area contributed by atoms with Gasteiger partial charge in [-0.05, 0) is 17.5 Å². The van der Waals surface area contributed by atoms with Gasteiger partial charge >= 0.3 is 5.97 Å². The molecule has 1 N–H and O–H groups in total. The monoisotopic (exact) mass is 194 g/mol. The highest BCUT2D eigenvalue weighted by Crippen LogP contribution is 2.26. The lowest BCUT2D eigenvalue weighted by Gasteiger charge is -1.85. The molecule has 0 aliphatic rings. The van der Waals surface area contributed by atoms with E-state index >= 15 is 0 Å². The Kier molecular flexibility index (Phi) is 1.90. The highest BCUT2D eigenvalue weighted by atomic mass is 32.1. The SMILES string of the molecule is O=C(O)c1coc(-c2cccs2)c1. The number of carbonyl (C=O) groups is 1. The summed E-state index contributed by atoms with van der Waals surface area (Å²) in [6, 6.07) is 5.30. The summed E-state index contributed by atoms with van der Waals surface area (Å²) < 4.78 is 5.10. The Morgan fingerprint density at radius 1 is 1.54 bits per heavy atom. The molecule has 0 aromatic carbocycles. The summed E-state index contributed by atoms with van der Waals surface area (Å²) in [5, 5.41) is 10.6. The van der Waals surface area contributed by atoms with Crippen molar-refractivity contribution in [2.75, 3.05) is 0 Å². The van der Waals surface area contributed by atoms with Gasteiger partial charge in [0.1, 0.15) is 12.0 Å². The fourth-order valence-electron chi connectivity index (χ4n) is 0.996. The molecule has 0 bridgehead atoms. The molecule has 66 valence electrons. The highest BCUT2D eigenvalue weighted by molar-refractivity contribution is 7.13. The molecule has 0 saturated carbocycles. The van der Waals surface area contributed by atoms with E-state index < -0.39 is 5.97 Å². The molecule has 0 aliphatic carbocycles. The van der Waals surface area contributed by atoms with Crippen molar-refractivity contribution in [3.63, 3.8) is 0 Å². The van der Waals surface area contributed by atoms with Gasteiger partial charge in [-0.3, -0.25) is 0 Å². The molecule has 2 rings (SSSR count). The third-order valence-corrected chi connectivity index (χ3v) is 2.49. The van der Waals surface area contributed by atoms with E-state index in [-0.39, 0.29) is 5.56 Å². The second kappa shape index (κ2) is 3.06. The largest absolute Gasteiger partial charge is 0.478 e. The molecule has 0 fully saturated rings. The van der Waals surface area contributed by atoms with E-state index in [4.69, 9.17) is 9.52 Å². The highest BCUT2D eigenvalue weighted by Gasteiger charge is 2.09. The molecule has 0 aliphatic heterocycles. The first-order valence-electron chi connectivity index (χ1n) is 3.63. The first-order chi connectivity index (χ1) is 6.27. The van der Waals surface area contributed by atoms with Crippen molar-refractivity contribution in [3.8, 4) is 10.6 Å². The van der Waals surface area contributed by atoms with Crippen LogP contribution < -0.4 is 0 Å². The molecule has 2 aromatic heterocycles. The zero-order valence-electron chi connectivity index (χ0n) is 6.56. The molecule has 13 heavy (non-hydrogen) atoms. The average molecular weight is 194 g/mol. The van der Waals surface area contributed by atoms with Gasteiger partial charge in [0.05, 0.1) is 10.4 Å². The van der Waals surface area contributed by atoms with Crippen LogP contribution in [0.2, 0.25) is 0 Å². The molecule has 2 heterocycles. The lowest BCUT2D eigenvalue weighted by Crippen LogP contribution is -1.91. The molecule has 0 saturated heterocycles. The summed E-state index contributed by atoms with van der Waals surface area (Å²) in [7, 11) is 0. The van der Waals surface area contributed by atoms with E-state index in [1.165, 1.54) is 23.7 Å². The molecule has 0 atom stereocenters. The molecule has 0 amide bonds. The van der Waals surface area contributed by atoms with E-state index in [9.17, 15) is 4.79 Å². The van der Waals surface area contributed by atoms with E-state index in [1.54, 1.807) is 0 Å². The topological polar surface area (TPSA) is 50.4 Å². The number of hydrogen-bond donors (Lipinski definition) is 1. The average Bonchev–Trinajstić information content (AvgIpc) is 2.75. The van der Waals surface area contributed by atoms with Crippen LogP contribution in [0.4, 0.5) is 0 Å². The third-order valence-electron chi connectivity index (χ3n) is 1.61. The van der Waals surface area contributed by atoms with Crippen molar-refractivity contribution in [1.82, 2.24) is 0 Å². The Hall–Kier alpha value is -1.55. The summed E-state index contributed by atoms with van der Waals surface area (Å²) in [5.41, 5.74) is 0.184. The quantitative estimate of drug-likeness (QED) is 0.799. The number of furan rings is 1. The van der Waals surface area contributed by atoms with E-state index in [1.807, 2.05) is 17.5 Å². The molecule has 0 radical (unpaired) electrons. The van der Waals surface area contributed by atoms with Crippen LogP contribution in [0, 0.1) is 0 Å². The smallest absolute Gasteiger partial charge is 0.338 e. The van der Waals surface area contributed by atoms with Gasteiger partial charge in [-0.1, -0.05) is 6.07 Å². The Morgan fingerprint density at radius 2 is 2.38 bits per heavy atom. The van der Waals surface area contributed by atoms with Crippen molar-refractivity contribution in [3.05, 3.63) is 35.4 Å². The van der Waals surface area contributed by atoms with Crippen molar-refractivity contribution in [1.29, 1.82) is 0 Å². The number of aromatic carboxylic acids is 1. The van der Waals surface area contributed by atoms with Crippen LogP contribution in [0.25, 0.3) is 10.6 Å². The maximum absolute atomic E-state index is 10.5. The number of carboxylic acids is 1. The number of carboxylic acid groups (broad SMARTS) is 1. The van der Waals surface area contributed by atoms with Crippen molar-refractivity contribution >= 4 is 17.3 Å². The van der Waals surface area contributed by atoms with E-state index in [2.05, 4.69) is 0 Å². The van der Waals surface area contributed by atoms with Gasteiger partial charge in [0, 0.05) is 0 Å². The number of rotatable bonds is 2. The van der Waals surface area contributed by atoms with Crippen molar-refractivity contribution in [2.24, 2.45) is 0 Å². The van der Waals surface area contributed by atoms with Crippen LogP contribution in [0.3, 0.4) is 0 Å². The van der Waals surface area contributed by atoms with Gasteiger partial charge in [0.2, 0.25) is 0 Å². The second-order valence-corrected chi connectivity index (χ2v) is 3.43. The minimum Gasteiger partial charge on any atom is -0.478 e. The van der Waals surface area contributed by atoms with Crippen LogP contribution in [-0.4, -0.2) is 11.1 Å². The number of hydrogen-bond acceptors (Lipinski definition) is 3. The Labute approximate surface area is 78.2 Å². The van der Waals surface area contributed by atoms with Gasteiger partial charge in [0.25, 0.3) is 0 Å². The lowest BCUT2D eigenvalue weighted by atomic mass is 10.3. The van der Waals surface area contributed by atoms with E-state index in [0.717, 1.165) is 4.88 Å². The molecular formula is C9H6O3S. The molecule has 3 nitrogen and oxygen atoms in total. The maximum Gasteiger partial charge on any atom is 0.338 e. The molecule has 2 aromatic rings. The summed E-state index contributed by atoms with van der Waals surface area (Å²) in [6.45, 7) is 0. The first-order valence-corrected chi connectivity index (χ1v) is 4.51. The maximum atomic E-state index is 10.5. The van der Waals surface area contributed by atoms with Gasteiger partial charge < -0.3 is 9.52 Å². The van der Waals surface area contributed by atoms with Gasteiger partial charge in [-0.25, -0.2) is 4.79 Å². The first kappa shape index (κ1) is 8.07. The normalized spacial score (nSPS) is 10.2. The predicted octanol–water partition coefficient (Wildman–Crippen LogP) is 2.71. The summed E-state index contributed by atoms with van der Waals surface area (Å²) in [6.07, 6.45) is 1.25. The molecule has 4 heteroatoms. The lowest BCUT2D eigenvalue weighted by molar-refractivity contribution is 0.0696. The van der Waals surface area contributed by atoms with Gasteiger partial charge in [0.15, 0.2) is 0 Å². The fraction of sp³-hybridized carbons (Fsp3) is 0. The van der Waals surface area contributed by atoms with Crippen molar-refractivity contribution < 1.29 is 14.3 Å². The van der Waals surface area contributed by atoms with Crippen LogP contribution in [0.1, 0.15) is 10.4 Å². The molecule has 0 spiro atoms. The van der Waals surface area contributed by atoms with Gasteiger partial charge in [-0.2, -0.15) is 0 Å². The summed E-state index contributed by atoms with van der Waals surface area (Å²) in [5.74, 6) is -0.362. The zero-order valence-corrected chi connectivity index (χ0v) is 7.38. The van der Waals surface area contributed by atoms with Crippen LogP contribution in [0.5, 0.6) is 0 Å². The molecular weight excluding hydrogens is 188 g/mol. The van der Waals surface area contributed by atoms with Gasteiger partial charge in [-0.15, -0.1) is 11.3 Å². The zero-order chi connectivity index (χ0) is 9.26. The molecule has 0 unspecified atom stereocenters. The van der Waals surface area contributed by atoms with Crippen LogP contribution in [0.15, 0.2) is 34.3 Å². The van der Waals surface area contributed by atoms with Crippen LogP contribution in [-0.2, 0) is 0 Å². The summed E-state index contributed by atoms with van der Waals surface area (Å²) in [4.78, 5) is 11.5. The van der Waals surface area contributed by atoms with E-state index in [0.29, 0.717) is 5.76 Å². The van der Waals surface area contributed by atoms with Crippen LogP contribution >= 0.6 is 11.3 Å². The summed E-state index contributed by atoms with van der Waals surface area (Å²) >= 11 is 1.51.